The molecule has 0 radical (unpaired) electrons. The minimum atomic E-state index is -4.42. The van der Waals surface area contributed by atoms with Crippen LogP contribution in [-0.4, -0.2) is 21.4 Å². The summed E-state index contributed by atoms with van der Waals surface area (Å²) in [4.78, 5) is 24.4. The first-order valence-electron chi connectivity index (χ1n) is 7.61. The van der Waals surface area contributed by atoms with Crippen LogP contribution >= 0.6 is 11.8 Å². The number of rotatable bonds is 2. The van der Waals surface area contributed by atoms with E-state index in [1.807, 2.05) is 13.8 Å². The molecule has 0 saturated heterocycles. The molecule has 0 spiro atoms. The second-order valence-corrected chi connectivity index (χ2v) is 7.12. The van der Waals surface area contributed by atoms with E-state index in [0.717, 1.165) is 12.1 Å². The molecule has 0 aliphatic carbocycles. The van der Waals surface area contributed by atoms with Crippen LogP contribution in [0.1, 0.15) is 41.8 Å². The summed E-state index contributed by atoms with van der Waals surface area (Å²) in [5.74, 6) is 0.228. The summed E-state index contributed by atoms with van der Waals surface area (Å²) >= 11 is 1.21. The van der Waals surface area contributed by atoms with E-state index < -0.39 is 17.0 Å². The average molecular weight is 371 g/mol. The van der Waals surface area contributed by atoms with Crippen molar-refractivity contribution < 1.29 is 18.0 Å². The minimum absolute atomic E-state index is 0.0897. The third kappa shape index (κ3) is 3.33. The van der Waals surface area contributed by atoms with Crippen LogP contribution < -0.4 is 10.9 Å². The van der Waals surface area contributed by atoms with E-state index in [4.69, 9.17) is 0 Å². The molecule has 1 aromatic heterocycles. The zero-order chi connectivity index (χ0) is 18.4. The van der Waals surface area contributed by atoms with Crippen LogP contribution in [0.5, 0.6) is 0 Å². The van der Waals surface area contributed by atoms with Crippen molar-refractivity contribution in [3.05, 3.63) is 51.3 Å². The van der Waals surface area contributed by atoms with E-state index in [-0.39, 0.29) is 23.3 Å². The lowest BCUT2D eigenvalue weighted by Crippen LogP contribution is -2.17. The minimum Gasteiger partial charge on any atom is -0.310 e. The molecule has 0 fully saturated rings. The van der Waals surface area contributed by atoms with Crippen molar-refractivity contribution >= 4 is 23.5 Å². The number of aromatic amines is 1. The standard InChI is InChI=1S/C16H16F3N3O2S/c1-8(2)22-14-12(15(24)21-22)13(25-7-11(23)20-14)9-3-5-10(6-4-9)16(17,18)19/h3-6,8,13H,7H2,1-2H3,(H,20,23)(H,21,24)/t13-/m0/s1. The number of carbonyl (C=O) groups excluding carboxylic acids is 1. The third-order valence-corrected chi connectivity index (χ3v) is 5.19. The number of benzene rings is 1. The highest BCUT2D eigenvalue weighted by molar-refractivity contribution is 8.00. The molecule has 1 aliphatic heterocycles. The van der Waals surface area contributed by atoms with Crippen molar-refractivity contribution in [2.45, 2.75) is 31.3 Å². The van der Waals surface area contributed by atoms with E-state index in [1.54, 1.807) is 4.68 Å². The van der Waals surface area contributed by atoms with Crippen LogP contribution in [0.25, 0.3) is 0 Å². The van der Waals surface area contributed by atoms with Crippen molar-refractivity contribution in [1.82, 2.24) is 9.78 Å². The van der Waals surface area contributed by atoms with Gasteiger partial charge >= 0.3 is 6.18 Å². The Kier molecular flexibility index (Phi) is 4.44. The Morgan fingerprint density at radius 2 is 1.84 bits per heavy atom. The summed E-state index contributed by atoms with van der Waals surface area (Å²) in [5.41, 5.74) is -0.215. The molecule has 2 N–H and O–H groups in total. The van der Waals surface area contributed by atoms with E-state index in [0.29, 0.717) is 16.9 Å². The molecular formula is C16H16F3N3O2S. The molecule has 0 unspecified atom stereocenters. The second-order valence-electron chi connectivity index (χ2n) is 6.03. The van der Waals surface area contributed by atoms with Crippen LogP contribution in [0, 0.1) is 0 Å². The number of H-pyrrole nitrogens is 1. The zero-order valence-electron chi connectivity index (χ0n) is 13.5. The molecule has 9 heteroatoms. The van der Waals surface area contributed by atoms with Crippen LogP contribution in [-0.2, 0) is 11.0 Å². The monoisotopic (exact) mass is 371 g/mol. The first-order valence-corrected chi connectivity index (χ1v) is 8.66. The Labute approximate surface area is 145 Å². The van der Waals surface area contributed by atoms with Crippen molar-refractivity contribution in [1.29, 1.82) is 0 Å². The zero-order valence-corrected chi connectivity index (χ0v) is 14.3. The Morgan fingerprint density at radius 1 is 1.20 bits per heavy atom. The molecule has 2 heterocycles. The number of alkyl halides is 3. The average Bonchev–Trinajstić information content (AvgIpc) is 2.74. The number of nitrogens with one attached hydrogen (secondary N) is 2. The lowest BCUT2D eigenvalue weighted by molar-refractivity contribution is -0.137. The largest absolute Gasteiger partial charge is 0.416 e. The Balaban J connectivity index is 2.09. The van der Waals surface area contributed by atoms with Gasteiger partial charge in [0, 0.05) is 6.04 Å². The normalized spacial score (nSPS) is 18.0. The number of hydrogen-bond donors (Lipinski definition) is 2. The number of carbonyl (C=O) groups is 1. The first-order chi connectivity index (χ1) is 11.7. The topological polar surface area (TPSA) is 66.9 Å². The number of aromatic nitrogens is 2. The molecular weight excluding hydrogens is 355 g/mol. The van der Waals surface area contributed by atoms with Crippen molar-refractivity contribution in [3.63, 3.8) is 0 Å². The summed E-state index contributed by atoms with van der Waals surface area (Å²) in [6.45, 7) is 3.71. The molecule has 1 aliphatic rings. The van der Waals surface area contributed by atoms with Gasteiger partial charge in [0.25, 0.3) is 5.56 Å². The third-order valence-electron chi connectivity index (χ3n) is 3.92. The van der Waals surface area contributed by atoms with Gasteiger partial charge in [0.1, 0.15) is 5.82 Å². The van der Waals surface area contributed by atoms with Gasteiger partial charge in [0.2, 0.25) is 5.91 Å². The summed E-state index contributed by atoms with van der Waals surface area (Å²) in [6, 6.07) is 4.60. The van der Waals surface area contributed by atoms with Gasteiger partial charge in [-0.05, 0) is 31.5 Å². The Hall–Kier alpha value is -2.16. The maximum absolute atomic E-state index is 12.8. The quantitative estimate of drug-likeness (QED) is 0.848. The summed E-state index contributed by atoms with van der Waals surface area (Å²) in [5, 5.41) is 4.88. The highest BCUT2D eigenvalue weighted by Crippen LogP contribution is 2.41. The number of fused-ring (bicyclic) bond motifs is 1. The fraction of sp³-hybridized carbons (Fsp3) is 0.375. The van der Waals surface area contributed by atoms with Gasteiger partial charge in [-0.25, -0.2) is 0 Å². The lowest BCUT2D eigenvalue weighted by atomic mass is 10.0. The van der Waals surface area contributed by atoms with Gasteiger partial charge in [0.15, 0.2) is 0 Å². The van der Waals surface area contributed by atoms with Crippen LogP contribution in [0.3, 0.4) is 0 Å². The second kappa shape index (κ2) is 6.29. The molecule has 1 atom stereocenters. The van der Waals surface area contributed by atoms with Crippen molar-refractivity contribution in [3.8, 4) is 0 Å². The summed E-state index contributed by atoms with van der Waals surface area (Å²) in [7, 11) is 0. The van der Waals surface area contributed by atoms with Crippen LogP contribution in [0.4, 0.5) is 19.0 Å². The van der Waals surface area contributed by atoms with Crippen molar-refractivity contribution in [2.75, 3.05) is 11.1 Å². The van der Waals surface area contributed by atoms with Gasteiger partial charge in [0.05, 0.1) is 22.1 Å². The van der Waals surface area contributed by atoms with Crippen molar-refractivity contribution in [2.24, 2.45) is 0 Å². The molecule has 0 bridgehead atoms. The summed E-state index contributed by atoms with van der Waals surface area (Å²) in [6.07, 6.45) is -4.42. The highest BCUT2D eigenvalue weighted by Gasteiger charge is 2.33. The van der Waals surface area contributed by atoms with Gasteiger partial charge in [-0.15, -0.1) is 11.8 Å². The number of amides is 1. The molecule has 2 aromatic rings. The number of thioether (sulfide) groups is 1. The van der Waals surface area contributed by atoms with Crippen LogP contribution in [0.2, 0.25) is 0 Å². The predicted octanol–water partition coefficient (Wildman–Crippen LogP) is 3.55. The van der Waals surface area contributed by atoms with Gasteiger partial charge in [-0.2, -0.15) is 13.2 Å². The smallest absolute Gasteiger partial charge is 0.310 e. The maximum Gasteiger partial charge on any atom is 0.416 e. The summed E-state index contributed by atoms with van der Waals surface area (Å²) < 4.78 is 39.8. The first kappa shape index (κ1) is 17.7. The van der Waals surface area contributed by atoms with Crippen LogP contribution in [0.15, 0.2) is 29.1 Å². The SMILES string of the molecule is CC(C)n1[nH]c(=O)c2c1NC(=O)CS[C@H]2c1ccc(C(F)(F)F)cc1. The highest BCUT2D eigenvalue weighted by atomic mass is 32.2. The number of anilines is 1. The van der Waals surface area contributed by atoms with Gasteiger partial charge in [-0.3, -0.25) is 19.4 Å². The molecule has 1 amide bonds. The number of halogens is 3. The Morgan fingerprint density at radius 3 is 2.40 bits per heavy atom. The van der Waals surface area contributed by atoms with E-state index in [1.165, 1.54) is 23.9 Å². The fourth-order valence-corrected chi connectivity index (χ4v) is 3.87. The molecule has 134 valence electrons. The van der Waals surface area contributed by atoms with E-state index >= 15 is 0 Å². The molecule has 0 saturated carbocycles. The lowest BCUT2D eigenvalue weighted by Gasteiger charge is -2.16. The molecule has 3 rings (SSSR count). The van der Waals surface area contributed by atoms with E-state index in [9.17, 15) is 22.8 Å². The van der Waals surface area contributed by atoms with E-state index in [2.05, 4.69) is 10.4 Å². The van der Waals surface area contributed by atoms with Gasteiger partial charge in [-0.1, -0.05) is 12.1 Å². The molecule has 5 nitrogen and oxygen atoms in total. The maximum atomic E-state index is 12.8. The fourth-order valence-electron chi connectivity index (χ4n) is 2.74. The predicted molar refractivity (Wildman–Crippen MR) is 89.8 cm³/mol. The molecule has 1 aromatic carbocycles. The Bertz CT molecular complexity index is 853. The number of nitrogens with zero attached hydrogens (tertiary/aromatic N) is 1. The molecule has 25 heavy (non-hydrogen) atoms. The number of hydrogen-bond acceptors (Lipinski definition) is 3. The van der Waals surface area contributed by atoms with Gasteiger partial charge < -0.3 is 5.32 Å².